The lowest BCUT2D eigenvalue weighted by Crippen LogP contribution is -2.29. The van der Waals surface area contributed by atoms with Gasteiger partial charge in [-0.25, -0.2) is 4.39 Å². The van der Waals surface area contributed by atoms with Crippen LogP contribution in [0.25, 0.3) is 10.1 Å². The number of methoxy groups -OCH3 is 1. The van der Waals surface area contributed by atoms with E-state index < -0.39 is 11.7 Å². The number of nitrogens with one attached hydrogen (secondary N) is 1. The van der Waals surface area contributed by atoms with Gasteiger partial charge in [-0.15, -0.1) is 11.3 Å². The number of anilines is 1. The van der Waals surface area contributed by atoms with Crippen molar-refractivity contribution in [3.05, 3.63) is 63.2 Å². The number of benzene rings is 2. The van der Waals surface area contributed by atoms with Gasteiger partial charge in [-0.1, -0.05) is 17.7 Å². The molecule has 0 aliphatic carbocycles. The van der Waals surface area contributed by atoms with E-state index in [1.807, 2.05) is 0 Å². The number of halogens is 2. The molecular weight excluding hydrogens is 427 g/mol. The molecule has 30 heavy (non-hydrogen) atoms. The van der Waals surface area contributed by atoms with Gasteiger partial charge in [0.05, 0.1) is 22.7 Å². The number of carbonyl (C=O) groups is 2. The summed E-state index contributed by atoms with van der Waals surface area (Å²) >= 11 is 7.31. The van der Waals surface area contributed by atoms with E-state index in [0.717, 1.165) is 12.8 Å². The van der Waals surface area contributed by atoms with Gasteiger partial charge < -0.3 is 15.0 Å². The van der Waals surface area contributed by atoms with Crippen LogP contribution in [0.1, 0.15) is 38.4 Å². The van der Waals surface area contributed by atoms with Crippen molar-refractivity contribution in [1.29, 1.82) is 0 Å². The predicted molar refractivity (Wildman–Crippen MR) is 117 cm³/mol. The van der Waals surface area contributed by atoms with Gasteiger partial charge in [-0.05, 0) is 43.2 Å². The van der Waals surface area contributed by atoms with Crippen LogP contribution in [-0.2, 0) is 11.3 Å². The number of nitrogens with zero attached hydrogens (tertiary/aromatic N) is 1. The number of likely N-dealkylation sites (tertiary alicyclic amines) is 1. The minimum atomic E-state index is -0.416. The maximum atomic E-state index is 14.4. The second kappa shape index (κ2) is 8.71. The summed E-state index contributed by atoms with van der Waals surface area (Å²) in [6, 6.07) is 9.55. The smallest absolute Gasteiger partial charge is 0.266 e. The summed E-state index contributed by atoms with van der Waals surface area (Å²) in [5, 5.41) is 3.63. The third kappa shape index (κ3) is 3.93. The van der Waals surface area contributed by atoms with Crippen molar-refractivity contribution in [3.8, 4) is 0 Å². The lowest BCUT2D eigenvalue weighted by atomic mass is 10.1. The van der Waals surface area contributed by atoms with Crippen LogP contribution in [-0.4, -0.2) is 36.9 Å². The topological polar surface area (TPSA) is 58.6 Å². The molecule has 2 amide bonds. The highest BCUT2D eigenvalue weighted by Gasteiger charge is 2.25. The van der Waals surface area contributed by atoms with E-state index in [4.69, 9.17) is 16.3 Å². The summed E-state index contributed by atoms with van der Waals surface area (Å²) in [6.07, 6.45) is 1.92. The molecule has 3 aromatic rings. The van der Waals surface area contributed by atoms with E-state index in [0.29, 0.717) is 49.9 Å². The fourth-order valence-corrected chi connectivity index (χ4v) is 4.99. The zero-order chi connectivity index (χ0) is 21.3. The van der Waals surface area contributed by atoms with Crippen LogP contribution in [0.2, 0.25) is 5.02 Å². The summed E-state index contributed by atoms with van der Waals surface area (Å²) in [5.41, 5.74) is 1.22. The van der Waals surface area contributed by atoms with E-state index in [1.54, 1.807) is 35.2 Å². The van der Waals surface area contributed by atoms with E-state index in [9.17, 15) is 14.0 Å². The number of hydrogen-bond donors (Lipinski definition) is 1. The number of rotatable bonds is 5. The average molecular weight is 447 g/mol. The Balaban J connectivity index is 1.70. The molecule has 0 unspecified atom stereocenters. The molecule has 1 saturated heterocycles. The largest absolute Gasteiger partial charge is 0.380 e. The van der Waals surface area contributed by atoms with Crippen LogP contribution in [0.3, 0.4) is 0 Å². The Morgan fingerprint density at radius 3 is 2.73 bits per heavy atom. The maximum absolute atomic E-state index is 14.4. The van der Waals surface area contributed by atoms with Crippen molar-refractivity contribution in [1.82, 2.24) is 4.90 Å². The van der Waals surface area contributed by atoms with Crippen molar-refractivity contribution in [2.45, 2.75) is 19.4 Å². The third-order valence-electron chi connectivity index (χ3n) is 5.11. The molecule has 1 aromatic heterocycles. The lowest BCUT2D eigenvalue weighted by Gasteiger charge is -2.18. The molecule has 0 spiro atoms. The van der Waals surface area contributed by atoms with Gasteiger partial charge >= 0.3 is 0 Å². The minimum Gasteiger partial charge on any atom is -0.380 e. The summed E-state index contributed by atoms with van der Waals surface area (Å²) in [6.45, 7) is 1.47. The van der Waals surface area contributed by atoms with E-state index in [-0.39, 0.29) is 12.5 Å². The Labute approximate surface area is 182 Å². The molecule has 2 aromatic carbocycles. The Bertz CT molecular complexity index is 1130. The second-order valence-corrected chi connectivity index (χ2v) is 8.59. The van der Waals surface area contributed by atoms with Crippen LogP contribution in [0, 0.1) is 5.82 Å². The van der Waals surface area contributed by atoms with Crippen molar-refractivity contribution < 1.29 is 18.7 Å². The lowest BCUT2D eigenvalue weighted by molar-refractivity contribution is 0.0794. The van der Waals surface area contributed by atoms with Crippen LogP contribution < -0.4 is 5.32 Å². The summed E-state index contributed by atoms with van der Waals surface area (Å²) in [4.78, 5) is 28.2. The standard InChI is InChI=1S/C22H20ClFN2O3S/c1-29-12-15-19-16(24)5-4-6-18(19)30-20(15)21(27)25-17-8-7-13(23)11-14(17)22(28)26-9-2-3-10-26/h4-8,11H,2-3,9-10,12H2,1H3,(H,25,27). The fraction of sp³-hybridized carbons (Fsp3) is 0.273. The highest BCUT2D eigenvalue weighted by Crippen LogP contribution is 2.35. The first kappa shape index (κ1) is 20.8. The highest BCUT2D eigenvalue weighted by atomic mass is 35.5. The third-order valence-corrected chi connectivity index (χ3v) is 6.54. The van der Waals surface area contributed by atoms with Crippen LogP contribution in [0.5, 0.6) is 0 Å². The van der Waals surface area contributed by atoms with Gasteiger partial charge in [0.25, 0.3) is 11.8 Å². The molecule has 5 nitrogen and oxygen atoms in total. The first-order chi connectivity index (χ1) is 14.5. The van der Waals surface area contributed by atoms with Crippen molar-refractivity contribution in [3.63, 3.8) is 0 Å². The zero-order valence-electron chi connectivity index (χ0n) is 16.3. The molecule has 1 aliphatic rings. The van der Waals surface area contributed by atoms with Gasteiger partial charge in [-0.2, -0.15) is 0 Å². The molecule has 1 fully saturated rings. The average Bonchev–Trinajstić information content (AvgIpc) is 3.38. The molecular formula is C22H20ClFN2O3S. The number of hydrogen-bond acceptors (Lipinski definition) is 4. The number of ether oxygens (including phenoxy) is 1. The van der Waals surface area contributed by atoms with E-state index >= 15 is 0 Å². The molecule has 0 saturated carbocycles. The van der Waals surface area contributed by atoms with Crippen LogP contribution >= 0.6 is 22.9 Å². The molecule has 0 radical (unpaired) electrons. The van der Waals surface area contributed by atoms with Crippen LogP contribution in [0.4, 0.5) is 10.1 Å². The zero-order valence-corrected chi connectivity index (χ0v) is 17.9. The van der Waals surface area contributed by atoms with Crippen molar-refractivity contribution in [2.24, 2.45) is 0 Å². The van der Waals surface area contributed by atoms with Gasteiger partial charge in [0.2, 0.25) is 0 Å². The predicted octanol–water partition coefficient (Wildman–Crippen LogP) is 5.33. The molecule has 0 bridgehead atoms. The van der Waals surface area contributed by atoms with Gasteiger partial charge in [0.15, 0.2) is 0 Å². The Morgan fingerprint density at radius 1 is 1.23 bits per heavy atom. The van der Waals surface area contributed by atoms with Gasteiger partial charge in [0, 0.05) is 40.9 Å². The molecule has 156 valence electrons. The molecule has 1 aliphatic heterocycles. The molecule has 2 heterocycles. The fourth-order valence-electron chi connectivity index (χ4n) is 3.70. The first-order valence-electron chi connectivity index (χ1n) is 9.58. The molecule has 1 N–H and O–H groups in total. The number of amides is 2. The number of fused-ring (bicyclic) bond motifs is 1. The molecule has 4 rings (SSSR count). The minimum absolute atomic E-state index is 0.101. The van der Waals surface area contributed by atoms with Crippen LogP contribution in [0.15, 0.2) is 36.4 Å². The SMILES string of the molecule is COCc1c(C(=O)Nc2ccc(Cl)cc2C(=O)N2CCCC2)sc2cccc(F)c12. The van der Waals surface area contributed by atoms with Gasteiger partial charge in [0.1, 0.15) is 5.82 Å². The Morgan fingerprint density at radius 2 is 2.00 bits per heavy atom. The van der Waals surface area contributed by atoms with Crippen molar-refractivity contribution in [2.75, 3.05) is 25.5 Å². The maximum Gasteiger partial charge on any atom is 0.266 e. The van der Waals surface area contributed by atoms with E-state index in [2.05, 4.69) is 5.32 Å². The Hall–Kier alpha value is -2.48. The van der Waals surface area contributed by atoms with E-state index in [1.165, 1.54) is 24.5 Å². The normalized spacial score (nSPS) is 13.8. The summed E-state index contributed by atoms with van der Waals surface area (Å²) < 4.78 is 20.3. The molecule has 0 atom stereocenters. The molecule has 8 heteroatoms. The van der Waals surface area contributed by atoms with Crippen molar-refractivity contribution >= 4 is 50.5 Å². The van der Waals surface area contributed by atoms with Gasteiger partial charge in [-0.3, -0.25) is 9.59 Å². The second-order valence-electron chi connectivity index (χ2n) is 7.10. The first-order valence-corrected chi connectivity index (χ1v) is 10.8. The summed E-state index contributed by atoms with van der Waals surface area (Å²) in [5.74, 6) is -0.975. The monoisotopic (exact) mass is 446 g/mol. The number of thiophene rings is 1. The Kier molecular flexibility index (Phi) is 6.04. The number of carbonyl (C=O) groups excluding carboxylic acids is 2. The highest BCUT2D eigenvalue weighted by molar-refractivity contribution is 7.21. The summed E-state index contributed by atoms with van der Waals surface area (Å²) in [7, 11) is 1.50. The quantitative estimate of drug-likeness (QED) is 0.576.